The molecule has 0 unspecified atom stereocenters. The van der Waals surface area contributed by atoms with Crippen LogP contribution in [0.25, 0.3) is 0 Å². The van der Waals surface area contributed by atoms with E-state index in [1.807, 2.05) is 18.2 Å². The molecule has 0 amide bonds. The molecular formula is C10H9BrN2. The van der Waals surface area contributed by atoms with Crippen LogP contribution in [0.15, 0.2) is 22.7 Å². The van der Waals surface area contributed by atoms with Crippen molar-refractivity contribution >= 4 is 21.6 Å². The Balaban J connectivity index is 2.21. The van der Waals surface area contributed by atoms with Gasteiger partial charge in [0, 0.05) is 16.2 Å². The van der Waals surface area contributed by atoms with Gasteiger partial charge in [-0.25, -0.2) is 0 Å². The molecule has 0 bridgehead atoms. The van der Waals surface area contributed by atoms with E-state index in [0.717, 1.165) is 10.2 Å². The summed E-state index contributed by atoms with van der Waals surface area (Å²) in [7, 11) is 0. The monoisotopic (exact) mass is 236 g/mol. The average molecular weight is 237 g/mol. The van der Waals surface area contributed by atoms with Crippen molar-refractivity contribution in [3.8, 4) is 6.07 Å². The van der Waals surface area contributed by atoms with Gasteiger partial charge >= 0.3 is 0 Å². The Morgan fingerprint density at radius 2 is 2.23 bits per heavy atom. The zero-order valence-corrected chi connectivity index (χ0v) is 8.63. The normalized spacial score (nSPS) is 15.1. The van der Waals surface area contributed by atoms with Crippen molar-refractivity contribution in [1.29, 1.82) is 5.26 Å². The molecule has 1 aromatic carbocycles. The molecular weight excluding hydrogens is 228 g/mol. The van der Waals surface area contributed by atoms with Crippen molar-refractivity contribution < 1.29 is 0 Å². The van der Waals surface area contributed by atoms with E-state index in [0.29, 0.717) is 11.6 Å². The maximum Gasteiger partial charge on any atom is 0.0992 e. The van der Waals surface area contributed by atoms with Gasteiger partial charge in [-0.1, -0.05) is 0 Å². The molecule has 1 aliphatic rings. The lowest BCUT2D eigenvalue weighted by molar-refractivity contribution is 1.15. The molecule has 3 heteroatoms. The Kier molecular flexibility index (Phi) is 2.24. The highest BCUT2D eigenvalue weighted by atomic mass is 79.9. The van der Waals surface area contributed by atoms with E-state index in [2.05, 4.69) is 27.3 Å². The highest BCUT2D eigenvalue weighted by Gasteiger charge is 2.21. The third-order valence-electron chi connectivity index (χ3n) is 2.04. The van der Waals surface area contributed by atoms with Gasteiger partial charge in [0.2, 0.25) is 0 Å². The van der Waals surface area contributed by atoms with Gasteiger partial charge in [-0.15, -0.1) is 0 Å². The topological polar surface area (TPSA) is 35.8 Å². The fraction of sp³-hybridized carbons (Fsp3) is 0.300. The van der Waals surface area contributed by atoms with Crippen LogP contribution in [0.3, 0.4) is 0 Å². The summed E-state index contributed by atoms with van der Waals surface area (Å²) in [5.41, 5.74) is 1.77. The molecule has 1 aromatic rings. The Morgan fingerprint density at radius 1 is 1.46 bits per heavy atom. The number of anilines is 1. The molecule has 2 rings (SSSR count). The molecule has 0 aliphatic heterocycles. The summed E-state index contributed by atoms with van der Waals surface area (Å²) in [5, 5.41) is 12.0. The van der Waals surface area contributed by atoms with Gasteiger partial charge in [0.05, 0.1) is 11.6 Å². The summed E-state index contributed by atoms with van der Waals surface area (Å²) >= 11 is 3.43. The molecule has 0 heterocycles. The zero-order valence-electron chi connectivity index (χ0n) is 7.05. The highest BCUT2D eigenvalue weighted by Crippen LogP contribution is 2.29. The Morgan fingerprint density at radius 3 is 2.77 bits per heavy atom. The number of nitriles is 1. The first kappa shape index (κ1) is 8.58. The Labute approximate surface area is 85.7 Å². The number of nitrogens with zero attached hydrogens (tertiary/aromatic N) is 1. The quantitative estimate of drug-likeness (QED) is 0.858. The van der Waals surface area contributed by atoms with Crippen LogP contribution in [0.4, 0.5) is 5.69 Å². The van der Waals surface area contributed by atoms with Crippen LogP contribution in [-0.4, -0.2) is 6.04 Å². The lowest BCUT2D eigenvalue weighted by Crippen LogP contribution is -2.01. The third-order valence-corrected chi connectivity index (χ3v) is 2.69. The van der Waals surface area contributed by atoms with Crippen LogP contribution in [0.2, 0.25) is 0 Å². The first-order chi connectivity index (χ1) is 6.29. The first-order valence-electron chi connectivity index (χ1n) is 4.26. The minimum absolute atomic E-state index is 0.643. The number of halogens is 1. The second kappa shape index (κ2) is 3.39. The Hall–Kier alpha value is -1.01. The van der Waals surface area contributed by atoms with Crippen molar-refractivity contribution in [1.82, 2.24) is 0 Å². The molecule has 1 fully saturated rings. The van der Waals surface area contributed by atoms with Crippen LogP contribution >= 0.6 is 15.9 Å². The smallest absolute Gasteiger partial charge is 0.0992 e. The maximum absolute atomic E-state index is 8.66. The van der Waals surface area contributed by atoms with Crippen LogP contribution in [-0.2, 0) is 0 Å². The first-order valence-corrected chi connectivity index (χ1v) is 5.05. The average Bonchev–Trinajstić information content (AvgIpc) is 2.92. The summed E-state index contributed by atoms with van der Waals surface area (Å²) in [5.74, 6) is 0. The highest BCUT2D eigenvalue weighted by molar-refractivity contribution is 9.10. The molecule has 1 N–H and O–H groups in total. The van der Waals surface area contributed by atoms with Gasteiger partial charge < -0.3 is 5.32 Å². The predicted octanol–water partition coefficient (Wildman–Crippen LogP) is 2.90. The third kappa shape index (κ3) is 2.02. The van der Waals surface area contributed by atoms with Crippen molar-refractivity contribution in [3.05, 3.63) is 28.2 Å². The molecule has 2 nitrogen and oxygen atoms in total. The largest absolute Gasteiger partial charge is 0.381 e. The summed E-state index contributed by atoms with van der Waals surface area (Å²) in [6.07, 6.45) is 2.51. The SMILES string of the molecule is N#Cc1ccc(NC2CC2)c(Br)c1. The number of hydrogen-bond acceptors (Lipinski definition) is 2. The van der Waals surface area contributed by atoms with E-state index in [1.165, 1.54) is 12.8 Å². The molecule has 0 atom stereocenters. The van der Waals surface area contributed by atoms with E-state index in [-0.39, 0.29) is 0 Å². The molecule has 0 aromatic heterocycles. The molecule has 66 valence electrons. The van der Waals surface area contributed by atoms with E-state index >= 15 is 0 Å². The molecule has 1 saturated carbocycles. The van der Waals surface area contributed by atoms with Crippen molar-refractivity contribution in [2.45, 2.75) is 18.9 Å². The number of hydrogen-bond donors (Lipinski definition) is 1. The number of rotatable bonds is 2. The fourth-order valence-corrected chi connectivity index (χ4v) is 1.64. The van der Waals surface area contributed by atoms with Crippen molar-refractivity contribution in [2.24, 2.45) is 0 Å². The van der Waals surface area contributed by atoms with Crippen LogP contribution in [0.5, 0.6) is 0 Å². The second-order valence-electron chi connectivity index (χ2n) is 3.23. The molecule has 13 heavy (non-hydrogen) atoms. The number of nitrogens with one attached hydrogen (secondary N) is 1. The van der Waals surface area contributed by atoms with Gasteiger partial charge in [-0.05, 0) is 47.0 Å². The summed E-state index contributed by atoms with van der Waals surface area (Å²) in [4.78, 5) is 0. The second-order valence-corrected chi connectivity index (χ2v) is 4.08. The van der Waals surface area contributed by atoms with Crippen LogP contribution < -0.4 is 5.32 Å². The zero-order chi connectivity index (χ0) is 9.26. The summed E-state index contributed by atoms with van der Waals surface area (Å²) in [6.45, 7) is 0. The van der Waals surface area contributed by atoms with Crippen LogP contribution in [0.1, 0.15) is 18.4 Å². The lowest BCUT2D eigenvalue weighted by atomic mass is 10.2. The fourth-order valence-electron chi connectivity index (χ4n) is 1.15. The molecule has 1 aliphatic carbocycles. The summed E-state index contributed by atoms with van der Waals surface area (Å²) in [6, 6.07) is 8.36. The van der Waals surface area contributed by atoms with Gasteiger partial charge in [-0.2, -0.15) is 5.26 Å². The van der Waals surface area contributed by atoms with E-state index in [9.17, 15) is 0 Å². The van der Waals surface area contributed by atoms with Crippen molar-refractivity contribution in [3.63, 3.8) is 0 Å². The van der Waals surface area contributed by atoms with E-state index in [4.69, 9.17) is 5.26 Å². The molecule has 0 saturated heterocycles. The maximum atomic E-state index is 8.66. The van der Waals surface area contributed by atoms with E-state index < -0.39 is 0 Å². The van der Waals surface area contributed by atoms with Gasteiger partial charge in [-0.3, -0.25) is 0 Å². The number of benzene rings is 1. The predicted molar refractivity (Wildman–Crippen MR) is 55.5 cm³/mol. The Bertz CT molecular complexity index is 364. The molecule has 0 spiro atoms. The molecule has 0 radical (unpaired) electrons. The van der Waals surface area contributed by atoms with Gasteiger partial charge in [0.25, 0.3) is 0 Å². The van der Waals surface area contributed by atoms with Gasteiger partial charge in [0.15, 0.2) is 0 Å². The minimum atomic E-state index is 0.643. The van der Waals surface area contributed by atoms with Crippen LogP contribution in [0, 0.1) is 11.3 Å². The lowest BCUT2D eigenvalue weighted by Gasteiger charge is -2.06. The van der Waals surface area contributed by atoms with Crippen molar-refractivity contribution in [2.75, 3.05) is 5.32 Å². The standard InChI is InChI=1S/C10H9BrN2/c11-9-5-7(6-12)1-4-10(9)13-8-2-3-8/h1,4-5,8,13H,2-3H2. The van der Waals surface area contributed by atoms with Gasteiger partial charge in [0.1, 0.15) is 0 Å². The van der Waals surface area contributed by atoms with E-state index in [1.54, 1.807) is 0 Å². The minimum Gasteiger partial charge on any atom is -0.381 e. The summed E-state index contributed by atoms with van der Waals surface area (Å²) < 4.78 is 0.971.